The number of nitrogens with one attached hydrogen (secondary N) is 1. The van der Waals surface area contributed by atoms with Crippen LogP contribution in [0.3, 0.4) is 0 Å². The molecule has 1 N–H and O–H groups in total. The van der Waals surface area contributed by atoms with Crippen LogP contribution in [0.15, 0.2) is 42.7 Å². The molecule has 0 atom stereocenters. The second-order valence-corrected chi connectivity index (χ2v) is 7.41. The van der Waals surface area contributed by atoms with Crippen molar-refractivity contribution in [2.45, 2.75) is 45.8 Å². The van der Waals surface area contributed by atoms with E-state index in [-0.39, 0.29) is 5.91 Å². The maximum absolute atomic E-state index is 12.4. The Bertz CT molecular complexity index is 775. The first-order chi connectivity index (χ1) is 11.7. The fourth-order valence-electron chi connectivity index (χ4n) is 2.71. The van der Waals surface area contributed by atoms with Gasteiger partial charge in [0.25, 0.3) is 5.91 Å². The first kappa shape index (κ1) is 17.6. The third kappa shape index (κ3) is 3.60. The molecule has 1 saturated heterocycles. The summed E-state index contributed by atoms with van der Waals surface area (Å²) in [5.41, 5.74) is 2.39. The Morgan fingerprint density at radius 3 is 2.24 bits per heavy atom. The summed E-state index contributed by atoms with van der Waals surface area (Å²) in [5.74, 6) is -0.173. The quantitative estimate of drug-likeness (QED) is 0.874. The summed E-state index contributed by atoms with van der Waals surface area (Å²) in [6.45, 7) is 10.1. The predicted octanol–water partition coefficient (Wildman–Crippen LogP) is 2.94. The van der Waals surface area contributed by atoms with E-state index in [1.54, 1.807) is 24.5 Å². The molecule has 2 aromatic rings. The minimum absolute atomic E-state index is 0.173. The van der Waals surface area contributed by atoms with Gasteiger partial charge in [-0.15, -0.1) is 0 Å². The monoisotopic (exact) mass is 338 g/mol. The lowest BCUT2D eigenvalue weighted by atomic mass is 9.78. The van der Waals surface area contributed by atoms with Crippen molar-refractivity contribution in [3.8, 4) is 0 Å². The number of carbonyl (C=O) groups excluding carboxylic acids is 1. The van der Waals surface area contributed by atoms with E-state index in [2.05, 4.69) is 10.3 Å². The van der Waals surface area contributed by atoms with Gasteiger partial charge in [0.1, 0.15) is 0 Å². The van der Waals surface area contributed by atoms with Crippen LogP contribution in [0, 0.1) is 6.92 Å². The summed E-state index contributed by atoms with van der Waals surface area (Å²) in [5, 5.41) is 2.93. The van der Waals surface area contributed by atoms with Crippen LogP contribution in [0.5, 0.6) is 0 Å². The molecule has 1 aromatic heterocycles. The summed E-state index contributed by atoms with van der Waals surface area (Å²) < 4.78 is 12.2. The van der Waals surface area contributed by atoms with Crippen molar-refractivity contribution >= 4 is 24.2 Å². The Morgan fingerprint density at radius 1 is 1.04 bits per heavy atom. The minimum Gasteiger partial charge on any atom is -0.399 e. The summed E-state index contributed by atoms with van der Waals surface area (Å²) in [6.07, 6.45) is 3.20. The number of aromatic nitrogens is 1. The smallest absolute Gasteiger partial charge is 0.399 e. The van der Waals surface area contributed by atoms with Crippen LogP contribution in [-0.2, 0) is 9.31 Å². The molecule has 3 rings (SSSR count). The van der Waals surface area contributed by atoms with Gasteiger partial charge in [0.05, 0.1) is 11.2 Å². The van der Waals surface area contributed by atoms with Gasteiger partial charge in [-0.2, -0.15) is 0 Å². The van der Waals surface area contributed by atoms with Crippen molar-refractivity contribution in [2.24, 2.45) is 0 Å². The summed E-state index contributed by atoms with van der Waals surface area (Å²) in [6, 6.07) is 9.20. The van der Waals surface area contributed by atoms with Gasteiger partial charge in [-0.05, 0) is 69.9 Å². The van der Waals surface area contributed by atoms with E-state index >= 15 is 0 Å². The summed E-state index contributed by atoms with van der Waals surface area (Å²) in [4.78, 5) is 16.3. The molecule has 6 heteroatoms. The molecular formula is C19H23BN2O3. The lowest BCUT2D eigenvalue weighted by Gasteiger charge is -2.32. The molecule has 0 bridgehead atoms. The number of aryl methyl sites for hydroxylation is 1. The van der Waals surface area contributed by atoms with E-state index in [9.17, 15) is 4.79 Å². The Balaban J connectivity index is 1.83. The average molecular weight is 338 g/mol. The van der Waals surface area contributed by atoms with Crippen LogP contribution in [-0.4, -0.2) is 29.2 Å². The fraction of sp³-hybridized carbons (Fsp3) is 0.368. The third-order valence-corrected chi connectivity index (χ3v) is 4.83. The Hall–Kier alpha value is -2.18. The highest BCUT2D eigenvalue weighted by molar-refractivity contribution is 6.62. The number of pyridine rings is 1. The molecule has 0 saturated carbocycles. The van der Waals surface area contributed by atoms with Crippen molar-refractivity contribution < 1.29 is 14.1 Å². The van der Waals surface area contributed by atoms with Crippen LogP contribution < -0.4 is 10.8 Å². The topological polar surface area (TPSA) is 60.5 Å². The molecule has 1 aromatic carbocycles. The second-order valence-electron chi connectivity index (χ2n) is 7.41. The van der Waals surface area contributed by atoms with Crippen LogP contribution in [0.25, 0.3) is 0 Å². The van der Waals surface area contributed by atoms with Crippen molar-refractivity contribution in [1.82, 2.24) is 4.98 Å². The van der Waals surface area contributed by atoms with E-state index < -0.39 is 18.3 Å². The number of benzene rings is 1. The van der Waals surface area contributed by atoms with Crippen molar-refractivity contribution in [3.05, 3.63) is 53.9 Å². The fourth-order valence-corrected chi connectivity index (χ4v) is 2.71. The maximum atomic E-state index is 12.4. The third-order valence-electron chi connectivity index (χ3n) is 4.83. The van der Waals surface area contributed by atoms with Gasteiger partial charge in [0.2, 0.25) is 0 Å². The predicted molar refractivity (Wildman–Crippen MR) is 99.1 cm³/mol. The number of rotatable bonds is 3. The van der Waals surface area contributed by atoms with Gasteiger partial charge in [-0.3, -0.25) is 9.78 Å². The first-order valence-corrected chi connectivity index (χ1v) is 8.36. The molecule has 0 aliphatic carbocycles. The molecular weight excluding hydrogens is 315 g/mol. The number of nitrogens with zero attached hydrogens (tertiary/aromatic N) is 1. The van der Waals surface area contributed by atoms with Crippen molar-refractivity contribution in [3.63, 3.8) is 0 Å². The molecule has 1 amide bonds. The molecule has 0 spiro atoms. The Morgan fingerprint density at radius 2 is 1.64 bits per heavy atom. The van der Waals surface area contributed by atoms with Gasteiger partial charge in [-0.1, -0.05) is 6.07 Å². The molecule has 1 aliphatic heterocycles. The molecule has 1 fully saturated rings. The van der Waals surface area contributed by atoms with Gasteiger partial charge in [0, 0.05) is 23.6 Å². The zero-order valence-electron chi connectivity index (χ0n) is 15.3. The lowest BCUT2D eigenvalue weighted by molar-refractivity contribution is 0.00578. The number of anilines is 1. The summed E-state index contributed by atoms with van der Waals surface area (Å²) in [7, 11) is -0.457. The van der Waals surface area contributed by atoms with Crippen LogP contribution in [0.1, 0.15) is 43.6 Å². The molecule has 1 aliphatic rings. The Kier molecular flexibility index (Phi) is 4.43. The van der Waals surface area contributed by atoms with Crippen molar-refractivity contribution in [1.29, 1.82) is 0 Å². The second kappa shape index (κ2) is 6.28. The van der Waals surface area contributed by atoms with Crippen LogP contribution in [0.4, 0.5) is 5.69 Å². The van der Waals surface area contributed by atoms with Gasteiger partial charge >= 0.3 is 7.12 Å². The SMILES string of the molecule is Cc1cc(NC(=O)c2ccncc2)cc(B2OC(C)(C)C(C)(C)O2)c1. The first-order valence-electron chi connectivity index (χ1n) is 8.36. The van der Waals surface area contributed by atoms with Crippen molar-refractivity contribution in [2.75, 3.05) is 5.32 Å². The number of amides is 1. The molecule has 25 heavy (non-hydrogen) atoms. The Labute approximate surface area is 148 Å². The maximum Gasteiger partial charge on any atom is 0.494 e. The standard InChI is InChI=1S/C19H23BN2O3/c1-13-10-15(20-24-18(2,3)19(4,5)25-20)12-16(11-13)22-17(23)14-6-8-21-9-7-14/h6-12H,1-5H3,(H,22,23). The van der Waals surface area contributed by atoms with Gasteiger partial charge in [-0.25, -0.2) is 0 Å². The number of hydrogen-bond donors (Lipinski definition) is 1. The van der Waals surface area contributed by atoms with Gasteiger partial charge in [0.15, 0.2) is 0 Å². The van der Waals surface area contributed by atoms with E-state index in [4.69, 9.17) is 9.31 Å². The zero-order valence-corrected chi connectivity index (χ0v) is 15.3. The van der Waals surface area contributed by atoms with E-state index in [1.165, 1.54) is 0 Å². The normalized spacial score (nSPS) is 18.2. The van der Waals surface area contributed by atoms with E-state index in [0.717, 1.165) is 11.0 Å². The molecule has 0 unspecified atom stereocenters. The van der Waals surface area contributed by atoms with E-state index in [0.29, 0.717) is 11.3 Å². The molecule has 0 radical (unpaired) electrons. The van der Waals surface area contributed by atoms with Gasteiger partial charge < -0.3 is 14.6 Å². The highest BCUT2D eigenvalue weighted by Crippen LogP contribution is 2.36. The highest BCUT2D eigenvalue weighted by atomic mass is 16.7. The summed E-state index contributed by atoms with van der Waals surface area (Å²) >= 11 is 0. The van der Waals surface area contributed by atoms with E-state index in [1.807, 2.05) is 52.8 Å². The number of hydrogen-bond acceptors (Lipinski definition) is 4. The average Bonchev–Trinajstić information content (AvgIpc) is 2.76. The highest BCUT2D eigenvalue weighted by Gasteiger charge is 2.51. The molecule has 2 heterocycles. The lowest BCUT2D eigenvalue weighted by Crippen LogP contribution is -2.41. The zero-order chi connectivity index (χ0) is 18.2. The van der Waals surface area contributed by atoms with Crippen LogP contribution in [0.2, 0.25) is 0 Å². The molecule has 130 valence electrons. The number of carbonyl (C=O) groups is 1. The van der Waals surface area contributed by atoms with Crippen LogP contribution >= 0.6 is 0 Å². The minimum atomic E-state index is -0.457. The largest absolute Gasteiger partial charge is 0.494 e. The molecule has 5 nitrogen and oxygen atoms in total.